The summed E-state index contributed by atoms with van der Waals surface area (Å²) in [4.78, 5) is 23.2. The second kappa shape index (κ2) is 11.7. The van der Waals surface area contributed by atoms with Gasteiger partial charge in [-0.1, -0.05) is 47.5 Å². The van der Waals surface area contributed by atoms with Crippen LogP contribution in [0, 0.1) is 0 Å². The van der Waals surface area contributed by atoms with Crippen LogP contribution in [0.5, 0.6) is 0 Å². The van der Waals surface area contributed by atoms with E-state index in [1.807, 2.05) is 49.4 Å². The molecule has 8 heteroatoms. The molecule has 6 rings (SSSR count). The highest BCUT2D eigenvalue weighted by Crippen LogP contribution is 2.36. The van der Waals surface area contributed by atoms with Gasteiger partial charge in [-0.05, 0) is 92.1 Å². The molecular weight excluding hydrogens is 559 g/mol. The SMILES string of the molecule is CCN1C(=O)/C(=C/c2cn(Cc3ccc(Cl)cc3Cl)c3ccccc23)SC1=Nc1ccc(N2CCCCC2)cc1. The number of likely N-dealkylation sites (N-methyl/N-ethyl adjacent to an activating group) is 1. The van der Waals surface area contributed by atoms with E-state index in [4.69, 9.17) is 28.2 Å². The van der Waals surface area contributed by atoms with Crippen LogP contribution in [0.25, 0.3) is 17.0 Å². The van der Waals surface area contributed by atoms with Gasteiger partial charge in [0.2, 0.25) is 0 Å². The van der Waals surface area contributed by atoms with Crippen LogP contribution in [0.1, 0.15) is 37.3 Å². The van der Waals surface area contributed by atoms with Crippen molar-refractivity contribution in [3.8, 4) is 0 Å². The summed E-state index contributed by atoms with van der Waals surface area (Å²) >= 11 is 14.0. The summed E-state index contributed by atoms with van der Waals surface area (Å²) in [7, 11) is 0. The van der Waals surface area contributed by atoms with Crippen molar-refractivity contribution in [1.29, 1.82) is 0 Å². The van der Waals surface area contributed by atoms with Gasteiger partial charge in [0.25, 0.3) is 5.91 Å². The van der Waals surface area contributed by atoms with Crippen molar-refractivity contribution >= 4 is 74.4 Å². The summed E-state index contributed by atoms with van der Waals surface area (Å²) in [6.07, 6.45) is 7.88. The Labute approximate surface area is 249 Å². The van der Waals surface area contributed by atoms with Crippen molar-refractivity contribution in [3.05, 3.63) is 99.0 Å². The number of hydrogen-bond acceptors (Lipinski definition) is 4. The molecule has 2 aliphatic rings. The molecule has 2 saturated heterocycles. The molecule has 0 bridgehead atoms. The fraction of sp³-hybridized carbons (Fsp3) is 0.250. The highest BCUT2D eigenvalue weighted by molar-refractivity contribution is 8.18. The lowest BCUT2D eigenvalue weighted by atomic mass is 10.1. The second-order valence-corrected chi connectivity index (χ2v) is 11.9. The van der Waals surface area contributed by atoms with Crippen molar-refractivity contribution in [2.24, 2.45) is 4.99 Å². The number of piperidine rings is 1. The molecule has 0 radical (unpaired) electrons. The molecule has 3 heterocycles. The summed E-state index contributed by atoms with van der Waals surface area (Å²) < 4.78 is 2.16. The van der Waals surface area contributed by atoms with Gasteiger partial charge in [0.15, 0.2) is 5.17 Å². The number of rotatable bonds is 6. The van der Waals surface area contributed by atoms with E-state index in [1.165, 1.54) is 36.7 Å². The zero-order valence-corrected chi connectivity index (χ0v) is 24.6. The van der Waals surface area contributed by atoms with Gasteiger partial charge in [-0.15, -0.1) is 0 Å². The smallest absolute Gasteiger partial charge is 0.266 e. The van der Waals surface area contributed by atoms with Crippen LogP contribution >= 0.6 is 35.0 Å². The number of hydrogen-bond donors (Lipinski definition) is 0. The Morgan fingerprint density at radius 3 is 2.50 bits per heavy atom. The van der Waals surface area contributed by atoms with Gasteiger partial charge < -0.3 is 9.47 Å². The Bertz CT molecular complexity index is 1620. The number of anilines is 1. The van der Waals surface area contributed by atoms with Gasteiger partial charge in [0, 0.05) is 64.6 Å². The number of benzene rings is 3. The number of aliphatic imine (C=N–C) groups is 1. The first-order valence-electron chi connectivity index (χ1n) is 13.7. The number of nitrogens with zero attached hydrogens (tertiary/aromatic N) is 4. The van der Waals surface area contributed by atoms with Crippen LogP contribution in [0.2, 0.25) is 10.0 Å². The van der Waals surface area contributed by atoms with Gasteiger partial charge in [-0.3, -0.25) is 9.69 Å². The monoisotopic (exact) mass is 588 g/mol. The molecule has 204 valence electrons. The zero-order valence-electron chi connectivity index (χ0n) is 22.3. The average molecular weight is 590 g/mol. The Hall–Kier alpha value is -3.19. The van der Waals surface area contributed by atoms with Crippen LogP contribution in [-0.2, 0) is 11.3 Å². The van der Waals surface area contributed by atoms with Crippen LogP contribution in [0.15, 0.2) is 82.8 Å². The number of aromatic nitrogens is 1. The van der Waals surface area contributed by atoms with Crippen molar-refractivity contribution in [1.82, 2.24) is 9.47 Å². The first-order valence-corrected chi connectivity index (χ1v) is 15.2. The molecule has 0 atom stereocenters. The standard InChI is InChI=1S/C32H30Cl2N4OS/c1-2-38-31(39)30(40-32(38)35-25-12-14-26(15-13-25)36-16-6-3-7-17-36)18-23-21-37(29-9-5-4-8-27(23)29)20-22-10-11-24(33)19-28(22)34/h4-5,8-15,18-19,21H,2-3,6-7,16-17,20H2,1H3/b30-18-,35-32?. The van der Waals surface area contributed by atoms with E-state index in [2.05, 4.69) is 39.9 Å². The Morgan fingerprint density at radius 2 is 1.75 bits per heavy atom. The van der Waals surface area contributed by atoms with Gasteiger partial charge in [0.1, 0.15) is 0 Å². The molecule has 0 spiro atoms. The fourth-order valence-corrected chi connectivity index (χ4v) is 6.89. The molecule has 0 unspecified atom stereocenters. The summed E-state index contributed by atoms with van der Waals surface area (Å²) in [5.41, 5.74) is 5.14. The van der Waals surface area contributed by atoms with Gasteiger partial charge in [-0.25, -0.2) is 4.99 Å². The molecule has 2 fully saturated rings. The van der Waals surface area contributed by atoms with E-state index in [0.29, 0.717) is 33.2 Å². The molecule has 0 saturated carbocycles. The summed E-state index contributed by atoms with van der Waals surface area (Å²) in [6.45, 7) is 5.36. The van der Waals surface area contributed by atoms with Crippen LogP contribution in [0.3, 0.4) is 0 Å². The van der Waals surface area contributed by atoms with E-state index in [-0.39, 0.29) is 5.91 Å². The molecule has 0 N–H and O–H groups in total. The number of carbonyl (C=O) groups is 1. The summed E-state index contributed by atoms with van der Waals surface area (Å²) in [6, 6.07) is 22.2. The number of halogens is 2. The lowest BCUT2D eigenvalue weighted by Crippen LogP contribution is -2.29. The zero-order chi connectivity index (χ0) is 27.6. The number of amides is 1. The van der Waals surface area contributed by atoms with Crippen molar-refractivity contribution in [2.45, 2.75) is 32.7 Å². The van der Waals surface area contributed by atoms with E-state index < -0.39 is 0 Å². The third kappa shape index (κ3) is 5.53. The molecule has 5 nitrogen and oxygen atoms in total. The average Bonchev–Trinajstić information content (AvgIpc) is 3.47. The van der Waals surface area contributed by atoms with Gasteiger partial charge in [0.05, 0.1) is 10.6 Å². The largest absolute Gasteiger partial charge is 0.372 e. The molecule has 1 amide bonds. The molecule has 0 aliphatic carbocycles. The lowest BCUT2D eigenvalue weighted by Gasteiger charge is -2.28. The summed E-state index contributed by atoms with van der Waals surface area (Å²) in [5, 5.41) is 3.04. The Kier molecular flexibility index (Phi) is 7.92. The number of thioether (sulfide) groups is 1. The Morgan fingerprint density at radius 1 is 0.975 bits per heavy atom. The normalized spacial score (nSPS) is 18.0. The molecule has 2 aliphatic heterocycles. The van der Waals surface area contributed by atoms with Crippen LogP contribution < -0.4 is 4.90 Å². The van der Waals surface area contributed by atoms with Gasteiger partial charge >= 0.3 is 0 Å². The minimum atomic E-state index is -0.0197. The van der Waals surface area contributed by atoms with Crippen LogP contribution in [0.4, 0.5) is 11.4 Å². The topological polar surface area (TPSA) is 40.8 Å². The van der Waals surface area contributed by atoms with E-state index in [1.54, 1.807) is 11.0 Å². The van der Waals surface area contributed by atoms with Crippen molar-refractivity contribution in [3.63, 3.8) is 0 Å². The predicted octanol–water partition coefficient (Wildman–Crippen LogP) is 8.61. The molecule has 4 aromatic rings. The van der Waals surface area contributed by atoms with Crippen molar-refractivity contribution in [2.75, 3.05) is 24.5 Å². The van der Waals surface area contributed by atoms with Crippen molar-refractivity contribution < 1.29 is 4.79 Å². The molecule has 1 aromatic heterocycles. The van der Waals surface area contributed by atoms with Crippen LogP contribution in [-0.4, -0.2) is 40.2 Å². The molecular formula is C32H30Cl2N4OS. The van der Waals surface area contributed by atoms with E-state index in [9.17, 15) is 4.79 Å². The highest BCUT2D eigenvalue weighted by atomic mass is 35.5. The second-order valence-electron chi connectivity index (χ2n) is 10.1. The van der Waals surface area contributed by atoms with E-state index in [0.717, 1.165) is 40.8 Å². The maximum Gasteiger partial charge on any atom is 0.266 e. The highest BCUT2D eigenvalue weighted by Gasteiger charge is 2.32. The molecule has 3 aromatic carbocycles. The predicted molar refractivity (Wildman–Crippen MR) is 170 cm³/mol. The third-order valence-electron chi connectivity index (χ3n) is 7.46. The summed E-state index contributed by atoms with van der Waals surface area (Å²) in [5.74, 6) is -0.0197. The van der Waals surface area contributed by atoms with Gasteiger partial charge in [-0.2, -0.15) is 0 Å². The number of amidine groups is 1. The van der Waals surface area contributed by atoms with E-state index >= 15 is 0 Å². The number of fused-ring (bicyclic) bond motifs is 1. The fourth-order valence-electron chi connectivity index (χ4n) is 5.37. The quantitative estimate of drug-likeness (QED) is 0.212. The third-order valence-corrected chi connectivity index (χ3v) is 9.06. The molecule has 40 heavy (non-hydrogen) atoms. The Balaban J connectivity index is 1.29. The minimum Gasteiger partial charge on any atom is -0.372 e. The maximum atomic E-state index is 13.4. The lowest BCUT2D eigenvalue weighted by molar-refractivity contribution is -0.122. The number of para-hydroxylation sites is 1. The first-order chi connectivity index (χ1) is 19.5. The minimum absolute atomic E-state index is 0.0197. The first kappa shape index (κ1) is 27.0. The number of carbonyl (C=O) groups excluding carboxylic acids is 1. The maximum absolute atomic E-state index is 13.4.